The normalized spacial score (nSPS) is 14.6. The zero-order valence-corrected chi connectivity index (χ0v) is 12.7. The minimum Gasteiger partial charge on any atom is -0.352 e. The molecule has 114 valence electrons. The second kappa shape index (κ2) is 6.32. The molecule has 0 spiro atoms. The summed E-state index contributed by atoms with van der Waals surface area (Å²) in [5.74, 6) is -0.406. The molecular weight excluding hydrogens is 288 g/mol. The Kier molecular flexibility index (Phi) is 4.06. The molecule has 0 amide bonds. The van der Waals surface area contributed by atoms with Crippen LogP contribution in [-0.4, -0.2) is 11.6 Å². The molecule has 4 nitrogen and oxygen atoms in total. The Hall–Kier alpha value is -3.14. The monoisotopic (exact) mass is 304 g/mol. The van der Waals surface area contributed by atoms with E-state index in [1.807, 2.05) is 60.7 Å². The van der Waals surface area contributed by atoms with Crippen LogP contribution < -0.4 is 10.6 Å². The van der Waals surface area contributed by atoms with Gasteiger partial charge in [0.1, 0.15) is 0 Å². The second-order valence-electron chi connectivity index (χ2n) is 5.23. The molecular formula is C19H16N2O2. The predicted octanol–water partition coefficient (Wildman–Crippen LogP) is 3.52. The molecule has 1 aliphatic carbocycles. The van der Waals surface area contributed by atoms with E-state index in [2.05, 4.69) is 10.6 Å². The van der Waals surface area contributed by atoms with E-state index in [-0.39, 0.29) is 17.3 Å². The summed E-state index contributed by atoms with van der Waals surface area (Å²) < 4.78 is 0. The van der Waals surface area contributed by atoms with Gasteiger partial charge in [0, 0.05) is 23.0 Å². The van der Waals surface area contributed by atoms with Gasteiger partial charge in [-0.05, 0) is 31.2 Å². The van der Waals surface area contributed by atoms with Gasteiger partial charge in [-0.3, -0.25) is 9.59 Å². The first-order chi connectivity index (χ1) is 11.1. The Morgan fingerprint density at radius 3 is 1.83 bits per heavy atom. The van der Waals surface area contributed by atoms with Gasteiger partial charge in [-0.2, -0.15) is 0 Å². The van der Waals surface area contributed by atoms with Crippen LogP contribution in [0.25, 0.3) is 0 Å². The van der Waals surface area contributed by atoms with Gasteiger partial charge in [0.25, 0.3) is 0 Å². The fraction of sp³-hybridized carbons (Fsp3) is 0.0526. The van der Waals surface area contributed by atoms with E-state index in [0.29, 0.717) is 11.3 Å². The van der Waals surface area contributed by atoms with Crippen LogP contribution in [0.5, 0.6) is 0 Å². The highest BCUT2D eigenvalue weighted by Gasteiger charge is 2.26. The van der Waals surface area contributed by atoms with Crippen molar-refractivity contribution in [1.29, 1.82) is 0 Å². The number of para-hydroxylation sites is 2. The summed E-state index contributed by atoms with van der Waals surface area (Å²) in [7, 11) is 0. The molecule has 0 atom stereocenters. The molecule has 3 rings (SSSR count). The van der Waals surface area contributed by atoms with Crippen molar-refractivity contribution in [2.45, 2.75) is 6.92 Å². The van der Waals surface area contributed by atoms with Gasteiger partial charge in [-0.1, -0.05) is 36.4 Å². The van der Waals surface area contributed by atoms with E-state index in [9.17, 15) is 9.59 Å². The highest BCUT2D eigenvalue weighted by Crippen LogP contribution is 2.22. The van der Waals surface area contributed by atoms with Crippen molar-refractivity contribution in [3.8, 4) is 0 Å². The third-order valence-corrected chi connectivity index (χ3v) is 3.58. The van der Waals surface area contributed by atoms with Crippen molar-refractivity contribution in [1.82, 2.24) is 0 Å². The number of Topliss-reactive ketones (excluding diaryl/α,β-unsaturated/α-hetero) is 1. The Bertz CT molecular complexity index is 806. The molecule has 0 fully saturated rings. The number of anilines is 2. The zero-order valence-electron chi connectivity index (χ0n) is 12.7. The summed E-state index contributed by atoms with van der Waals surface area (Å²) in [5, 5.41) is 6.04. The SMILES string of the molecule is CC1=C(Nc2ccccc2)C(=O)C=C(Nc2ccccc2)C1=O. The van der Waals surface area contributed by atoms with Crippen LogP contribution in [0, 0.1) is 0 Å². The molecule has 0 radical (unpaired) electrons. The number of ketones is 2. The van der Waals surface area contributed by atoms with Gasteiger partial charge < -0.3 is 10.6 Å². The number of benzene rings is 2. The van der Waals surface area contributed by atoms with Crippen molar-refractivity contribution < 1.29 is 9.59 Å². The van der Waals surface area contributed by atoms with E-state index in [1.165, 1.54) is 6.08 Å². The Labute approximate surface area is 134 Å². The molecule has 0 bridgehead atoms. The van der Waals surface area contributed by atoms with Crippen LogP contribution in [0.15, 0.2) is 83.7 Å². The maximum atomic E-state index is 12.5. The summed E-state index contributed by atoms with van der Waals surface area (Å²) in [6.07, 6.45) is 1.34. The first kappa shape index (κ1) is 14.8. The molecule has 23 heavy (non-hydrogen) atoms. The van der Waals surface area contributed by atoms with Gasteiger partial charge >= 0.3 is 0 Å². The summed E-state index contributed by atoms with van der Waals surface area (Å²) in [5.41, 5.74) is 2.56. The largest absolute Gasteiger partial charge is 0.352 e. The summed E-state index contributed by atoms with van der Waals surface area (Å²) in [6, 6.07) is 18.6. The smallest absolute Gasteiger partial charge is 0.207 e. The molecule has 4 heteroatoms. The predicted molar refractivity (Wildman–Crippen MR) is 90.9 cm³/mol. The molecule has 2 N–H and O–H groups in total. The van der Waals surface area contributed by atoms with Crippen LogP contribution in [0.1, 0.15) is 6.92 Å². The van der Waals surface area contributed by atoms with Gasteiger partial charge in [0.2, 0.25) is 11.6 Å². The van der Waals surface area contributed by atoms with Crippen LogP contribution in [0.2, 0.25) is 0 Å². The molecule has 1 aliphatic rings. The number of carbonyl (C=O) groups is 2. The zero-order chi connectivity index (χ0) is 16.2. The van der Waals surface area contributed by atoms with E-state index in [1.54, 1.807) is 6.92 Å². The Morgan fingerprint density at radius 1 is 0.739 bits per heavy atom. The second-order valence-corrected chi connectivity index (χ2v) is 5.23. The first-order valence-electron chi connectivity index (χ1n) is 7.31. The van der Waals surface area contributed by atoms with Crippen LogP contribution in [-0.2, 0) is 9.59 Å². The molecule has 0 aromatic heterocycles. The minimum absolute atomic E-state index is 0.188. The number of rotatable bonds is 4. The first-order valence-corrected chi connectivity index (χ1v) is 7.31. The van der Waals surface area contributed by atoms with Gasteiger partial charge in [0.15, 0.2) is 0 Å². The number of nitrogens with one attached hydrogen (secondary N) is 2. The van der Waals surface area contributed by atoms with Crippen molar-refractivity contribution in [3.63, 3.8) is 0 Å². The maximum absolute atomic E-state index is 12.5. The van der Waals surface area contributed by atoms with Crippen LogP contribution >= 0.6 is 0 Å². The number of carbonyl (C=O) groups excluding carboxylic acids is 2. The fourth-order valence-electron chi connectivity index (χ4n) is 2.36. The lowest BCUT2D eigenvalue weighted by Gasteiger charge is -2.19. The molecule has 0 saturated carbocycles. The average Bonchev–Trinajstić information content (AvgIpc) is 2.58. The summed E-state index contributed by atoms with van der Waals surface area (Å²) in [6.45, 7) is 1.66. The van der Waals surface area contributed by atoms with Crippen LogP contribution in [0.4, 0.5) is 11.4 Å². The van der Waals surface area contributed by atoms with E-state index < -0.39 is 0 Å². The van der Waals surface area contributed by atoms with Gasteiger partial charge in [0.05, 0.1) is 11.4 Å². The highest BCUT2D eigenvalue weighted by atomic mass is 16.1. The molecule has 2 aromatic carbocycles. The molecule has 0 unspecified atom stereocenters. The van der Waals surface area contributed by atoms with E-state index in [0.717, 1.165) is 11.4 Å². The van der Waals surface area contributed by atoms with Crippen molar-refractivity contribution in [2.75, 3.05) is 10.6 Å². The van der Waals surface area contributed by atoms with Gasteiger partial charge in [-0.25, -0.2) is 0 Å². The van der Waals surface area contributed by atoms with Crippen molar-refractivity contribution in [3.05, 3.63) is 83.7 Å². The maximum Gasteiger partial charge on any atom is 0.207 e. The van der Waals surface area contributed by atoms with Crippen LogP contribution in [0.3, 0.4) is 0 Å². The number of allylic oxidation sites excluding steroid dienone is 2. The standard InChI is InChI=1S/C19H16N2O2/c1-13-18(21-15-10-6-3-7-11-15)17(22)12-16(19(13)23)20-14-8-4-2-5-9-14/h2-12,20-21H,1H3. The highest BCUT2D eigenvalue weighted by molar-refractivity contribution is 6.24. The summed E-state index contributed by atoms with van der Waals surface area (Å²) >= 11 is 0. The number of hydrogen-bond acceptors (Lipinski definition) is 4. The Balaban J connectivity index is 1.83. The number of hydrogen-bond donors (Lipinski definition) is 2. The third-order valence-electron chi connectivity index (χ3n) is 3.58. The van der Waals surface area contributed by atoms with Crippen molar-refractivity contribution >= 4 is 22.9 Å². The minimum atomic E-state index is -0.218. The average molecular weight is 304 g/mol. The molecule has 0 heterocycles. The topological polar surface area (TPSA) is 58.2 Å². The molecule has 2 aromatic rings. The van der Waals surface area contributed by atoms with E-state index in [4.69, 9.17) is 0 Å². The fourth-order valence-corrected chi connectivity index (χ4v) is 2.36. The lowest BCUT2D eigenvalue weighted by molar-refractivity contribution is -0.115. The summed E-state index contributed by atoms with van der Waals surface area (Å²) in [4.78, 5) is 24.9. The third kappa shape index (κ3) is 3.21. The lowest BCUT2D eigenvalue weighted by Crippen LogP contribution is -2.25. The van der Waals surface area contributed by atoms with E-state index >= 15 is 0 Å². The Morgan fingerprint density at radius 2 is 1.26 bits per heavy atom. The van der Waals surface area contributed by atoms with Crippen molar-refractivity contribution in [2.24, 2.45) is 0 Å². The molecule has 0 saturated heterocycles. The lowest BCUT2D eigenvalue weighted by atomic mass is 9.98. The molecule has 0 aliphatic heterocycles. The quantitative estimate of drug-likeness (QED) is 0.849. The van der Waals surface area contributed by atoms with Gasteiger partial charge in [-0.15, -0.1) is 0 Å².